The van der Waals surface area contributed by atoms with Gasteiger partial charge in [-0.05, 0) is 19.9 Å². The summed E-state index contributed by atoms with van der Waals surface area (Å²) in [4.78, 5) is 0. The number of aromatic nitrogens is 2. The van der Waals surface area contributed by atoms with Crippen LogP contribution in [0.5, 0.6) is 0 Å². The van der Waals surface area contributed by atoms with Crippen LogP contribution in [-0.4, -0.2) is 9.78 Å². The standard InChI is InChI=1S/C13H15F2N3.ClH/c1-9(2)18-8-11(7-17-18)16-6-10-4-3-5-12(14)13(10)15;/h3-5,7-9,16H,6H2,1-2H3;1H. The van der Waals surface area contributed by atoms with E-state index in [1.54, 1.807) is 16.9 Å². The summed E-state index contributed by atoms with van der Waals surface area (Å²) < 4.78 is 28.2. The van der Waals surface area contributed by atoms with E-state index >= 15 is 0 Å². The molecule has 1 aromatic heterocycles. The van der Waals surface area contributed by atoms with Crippen molar-refractivity contribution in [1.29, 1.82) is 0 Å². The third-order valence-corrected chi connectivity index (χ3v) is 2.65. The van der Waals surface area contributed by atoms with Gasteiger partial charge in [0.2, 0.25) is 0 Å². The fraction of sp³-hybridized carbons (Fsp3) is 0.308. The van der Waals surface area contributed by atoms with Crippen LogP contribution in [-0.2, 0) is 6.54 Å². The van der Waals surface area contributed by atoms with Crippen molar-refractivity contribution in [2.75, 3.05) is 5.32 Å². The molecule has 0 saturated carbocycles. The molecule has 0 fully saturated rings. The maximum atomic E-state index is 13.4. The van der Waals surface area contributed by atoms with Gasteiger partial charge in [0, 0.05) is 24.3 Å². The lowest BCUT2D eigenvalue weighted by Gasteiger charge is -2.06. The molecule has 0 radical (unpaired) electrons. The molecule has 0 aliphatic heterocycles. The molecule has 19 heavy (non-hydrogen) atoms. The van der Waals surface area contributed by atoms with Gasteiger partial charge in [0.25, 0.3) is 0 Å². The number of hydrogen-bond acceptors (Lipinski definition) is 2. The van der Waals surface area contributed by atoms with Gasteiger partial charge in [0.05, 0.1) is 11.9 Å². The minimum Gasteiger partial charge on any atom is -0.378 e. The quantitative estimate of drug-likeness (QED) is 0.927. The highest BCUT2D eigenvalue weighted by Crippen LogP contribution is 2.15. The first kappa shape index (κ1) is 15.4. The maximum Gasteiger partial charge on any atom is 0.163 e. The van der Waals surface area contributed by atoms with E-state index in [9.17, 15) is 8.78 Å². The molecule has 0 spiro atoms. The van der Waals surface area contributed by atoms with Gasteiger partial charge in [-0.1, -0.05) is 12.1 Å². The zero-order valence-electron chi connectivity index (χ0n) is 10.7. The molecule has 0 bridgehead atoms. The second-order valence-corrected chi connectivity index (χ2v) is 4.37. The summed E-state index contributed by atoms with van der Waals surface area (Å²) in [7, 11) is 0. The van der Waals surface area contributed by atoms with Crippen molar-refractivity contribution in [3.63, 3.8) is 0 Å². The van der Waals surface area contributed by atoms with Crippen LogP contribution in [0, 0.1) is 11.6 Å². The highest BCUT2D eigenvalue weighted by Gasteiger charge is 2.07. The predicted molar refractivity (Wildman–Crippen MR) is 73.5 cm³/mol. The minimum atomic E-state index is -0.827. The molecule has 3 nitrogen and oxygen atoms in total. The summed E-state index contributed by atoms with van der Waals surface area (Å²) in [6.07, 6.45) is 3.50. The molecule has 1 aromatic carbocycles. The molecule has 0 aliphatic rings. The van der Waals surface area contributed by atoms with Gasteiger partial charge >= 0.3 is 0 Å². The van der Waals surface area contributed by atoms with Gasteiger partial charge in [-0.2, -0.15) is 5.10 Å². The number of anilines is 1. The van der Waals surface area contributed by atoms with E-state index < -0.39 is 11.6 Å². The predicted octanol–water partition coefficient (Wildman–Crippen LogP) is 3.78. The van der Waals surface area contributed by atoms with Crippen LogP contribution < -0.4 is 5.32 Å². The van der Waals surface area contributed by atoms with Crippen LogP contribution in [0.15, 0.2) is 30.6 Å². The molecule has 0 unspecified atom stereocenters. The van der Waals surface area contributed by atoms with Crippen molar-refractivity contribution in [2.45, 2.75) is 26.4 Å². The zero-order valence-corrected chi connectivity index (χ0v) is 11.5. The summed E-state index contributed by atoms with van der Waals surface area (Å²) >= 11 is 0. The van der Waals surface area contributed by atoms with Crippen molar-refractivity contribution >= 4 is 18.1 Å². The van der Waals surface area contributed by atoms with E-state index in [0.29, 0.717) is 5.56 Å². The van der Waals surface area contributed by atoms with Crippen LogP contribution in [0.25, 0.3) is 0 Å². The first-order valence-electron chi connectivity index (χ1n) is 5.79. The lowest BCUT2D eigenvalue weighted by Crippen LogP contribution is -2.03. The Morgan fingerprint density at radius 2 is 2.05 bits per heavy atom. The first-order valence-corrected chi connectivity index (χ1v) is 5.79. The van der Waals surface area contributed by atoms with E-state index in [1.807, 2.05) is 20.0 Å². The van der Waals surface area contributed by atoms with Crippen LogP contribution in [0.2, 0.25) is 0 Å². The van der Waals surface area contributed by atoms with Gasteiger partial charge in [-0.15, -0.1) is 12.4 Å². The van der Waals surface area contributed by atoms with E-state index in [4.69, 9.17) is 0 Å². The molecule has 0 aliphatic carbocycles. The smallest absolute Gasteiger partial charge is 0.163 e. The lowest BCUT2D eigenvalue weighted by molar-refractivity contribution is 0.500. The maximum absolute atomic E-state index is 13.4. The highest BCUT2D eigenvalue weighted by molar-refractivity contribution is 5.85. The van der Waals surface area contributed by atoms with E-state index in [0.717, 1.165) is 11.8 Å². The molecular formula is C13H16ClF2N3. The average Bonchev–Trinajstić information content (AvgIpc) is 2.80. The minimum absolute atomic E-state index is 0. The van der Waals surface area contributed by atoms with Crippen LogP contribution >= 0.6 is 12.4 Å². The van der Waals surface area contributed by atoms with Gasteiger partial charge in [0.15, 0.2) is 11.6 Å². The lowest BCUT2D eigenvalue weighted by atomic mass is 10.2. The number of benzene rings is 1. The molecular weight excluding hydrogens is 272 g/mol. The van der Waals surface area contributed by atoms with Crippen LogP contribution in [0.1, 0.15) is 25.5 Å². The molecule has 1 N–H and O–H groups in total. The molecule has 2 aromatic rings. The zero-order chi connectivity index (χ0) is 13.1. The molecule has 0 amide bonds. The van der Waals surface area contributed by atoms with Gasteiger partial charge in [0.1, 0.15) is 0 Å². The number of halogens is 3. The topological polar surface area (TPSA) is 29.9 Å². The molecule has 0 atom stereocenters. The van der Waals surface area contributed by atoms with E-state index in [-0.39, 0.29) is 25.0 Å². The largest absolute Gasteiger partial charge is 0.378 e. The fourth-order valence-corrected chi connectivity index (χ4v) is 1.59. The number of nitrogens with zero attached hydrogens (tertiary/aromatic N) is 2. The Balaban J connectivity index is 0.00000180. The van der Waals surface area contributed by atoms with Gasteiger partial charge in [-0.25, -0.2) is 8.78 Å². The summed E-state index contributed by atoms with van der Waals surface area (Å²) in [5, 5.41) is 7.17. The molecule has 104 valence electrons. The summed E-state index contributed by atoms with van der Waals surface area (Å²) in [6, 6.07) is 4.42. The third kappa shape index (κ3) is 3.67. The number of nitrogens with one attached hydrogen (secondary N) is 1. The Kier molecular flexibility index (Phi) is 5.30. The van der Waals surface area contributed by atoms with Crippen molar-refractivity contribution in [1.82, 2.24) is 9.78 Å². The molecule has 6 heteroatoms. The van der Waals surface area contributed by atoms with E-state index in [2.05, 4.69) is 10.4 Å². The SMILES string of the molecule is CC(C)n1cc(NCc2cccc(F)c2F)cn1.Cl. The highest BCUT2D eigenvalue weighted by atomic mass is 35.5. The second kappa shape index (κ2) is 6.52. The molecule has 1 heterocycles. The summed E-state index contributed by atoms with van der Waals surface area (Å²) in [5.74, 6) is -1.63. The number of rotatable bonds is 4. The van der Waals surface area contributed by atoms with Crippen molar-refractivity contribution in [2.24, 2.45) is 0 Å². The molecule has 0 saturated heterocycles. The summed E-state index contributed by atoms with van der Waals surface area (Å²) in [6.45, 7) is 4.26. The van der Waals surface area contributed by atoms with Crippen LogP contribution in [0.4, 0.5) is 14.5 Å². The summed E-state index contributed by atoms with van der Waals surface area (Å²) in [5.41, 5.74) is 1.08. The van der Waals surface area contributed by atoms with Gasteiger partial charge < -0.3 is 5.32 Å². The average molecular weight is 288 g/mol. The van der Waals surface area contributed by atoms with Crippen molar-refractivity contribution < 1.29 is 8.78 Å². The van der Waals surface area contributed by atoms with Crippen molar-refractivity contribution in [3.05, 3.63) is 47.8 Å². The number of hydrogen-bond donors (Lipinski definition) is 1. The second-order valence-electron chi connectivity index (χ2n) is 4.37. The first-order chi connectivity index (χ1) is 8.58. The van der Waals surface area contributed by atoms with Gasteiger partial charge in [-0.3, -0.25) is 4.68 Å². The normalized spacial score (nSPS) is 10.4. The fourth-order valence-electron chi connectivity index (χ4n) is 1.59. The monoisotopic (exact) mass is 287 g/mol. The van der Waals surface area contributed by atoms with Crippen LogP contribution in [0.3, 0.4) is 0 Å². The molecule has 2 rings (SSSR count). The third-order valence-electron chi connectivity index (χ3n) is 2.65. The Morgan fingerprint density at radius 3 is 2.68 bits per heavy atom. The van der Waals surface area contributed by atoms with Crippen molar-refractivity contribution in [3.8, 4) is 0 Å². The van der Waals surface area contributed by atoms with E-state index in [1.165, 1.54) is 6.07 Å². The Labute approximate surface area is 117 Å². The Bertz CT molecular complexity index is 540. The Hall–Kier alpha value is -1.62. The Morgan fingerprint density at radius 1 is 1.32 bits per heavy atom.